The van der Waals surface area contributed by atoms with Gasteiger partial charge in [0.1, 0.15) is 5.82 Å². The van der Waals surface area contributed by atoms with E-state index >= 15 is 0 Å². The molecule has 0 aliphatic heterocycles. The molecule has 1 fully saturated rings. The van der Waals surface area contributed by atoms with E-state index in [-0.39, 0.29) is 5.82 Å². The van der Waals surface area contributed by atoms with Crippen molar-refractivity contribution in [2.24, 2.45) is 0 Å². The van der Waals surface area contributed by atoms with Gasteiger partial charge in [-0.05, 0) is 49.4 Å². The monoisotopic (exact) mass is 249 g/mol. The molecule has 0 amide bonds. The van der Waals surface area contributed by atoms with Crippen molar-refractivity contribution in [2.45, 2.75) is 57.4 Å². The van der Waals surface area contributed by atoms with Crippen molar-refractivity contribution in [1.29, 1.82) is 0 Å². The summed E-state index contributed by atoms with van der Waals surface area (Å²) in [6.07, 6.45) is 7.45. The Morgan fingerprint density at radius 2 is 2.06 bits per heavy atom. The summed E-state index contributed by atoms with van der Waals surface area (Å²) in [5.41, 5.74) is 1.17. The average Bonchev–Trinajstić information content (AvgIpc) is 2.61. The normalized spacial score (nSPS) is 24.8. The van der Waals surface area contributed by atoms with Gasteiger partial charge in [0.05, 0.1) is 0 Å². The van der Waals surface area contributed by atoms with Crippen molar-refractivity contribution in [3.05, 3.63) is 35.6 Å². The Kier molecular flexibility index (Phi) is 5.18. The van der Waals surface area contributed by atoms with Crippen LogP contribution in [0.5, 0.6) is 0 Å². The lowest BCUT2D eigenvalue weighted by Crippen LogP contribution is -2.34. The summed E-state index contributed by atoms with van der Waals surface area (Å²) in [6, 6.07) is 7.70. The molecule has 18 heavy (non-hydrogen) atoms. The van der Waals surface area contributed by atoms with Gasteiger partial charge in [-0.15, -0.1) is 0 Å². The number of hydrogen-bond acceptors (Lipinski definition) is 1. The number of rotatable bonds is 4. The van der Waals surface area contributed by atoms with E-state index in [1.54, 1.807) is 6.07 Å². The van der Waals surface area contributed by atoms with Crippen LogP contribution < -0.4 is 5.32 Å². The minimum atomic E-state index is -0.106. The Hall–Kier alpha value is -0.890. The zero-order chi connectivity index (χ0) is 12.8. The van der Waals surface area contributed by atoms with Crippen molar-refractivity contribution in [1.82, 2.24) is 5.32 Å². The molecule has 0 radical (unpaired) electrons. The highest BCUT2D eigenvalue weighted by molar-refractivity contribution is 5.22. The van der Waals surface area contributed by atoms with E-state index in [0.717, 1.165) is 13.0 Å². The van der Waals surface area contributed by atoms with Crippen LogP contribution in [0, 0.1) is 5.82 Å². The lowest BCUT2D eigenvalue weighted by atomic mass is 9.87. The highest BCUT2D eigenvalue weighted by Gasteiger charge is 2.24. The van der Waals surface area contributed by atoms with Gasteiger partial charge in [0, 0.05) is 6.04 Å². The summed E-state index contributed by atoms with van der Waals surface area (Å²) < 4.78 is 13.4. The van der Waals surface area contributed by atoms with Crippen molar-refractivity contribution >= 4 is 0 Å². The summed E-state index contributed by atoms with van der Waals surface area (Å²) in [6.45, 7) is 3.26. The van der Waals surface area contributed by atoms with Gasteiger partial charge in [0.2, 0.25) is 0 Å². The van der Waals surface area contributed by atoms with E-state index in [1.807, 2.05) is 6.07 Å². The van der Waals surface area contributed by atoms with Gasteiger partial charge in [-0.2, -0.15) is 0 Å². The fourth-order valence-electron chi connectivity index (χ4n) is 3.02. The summed E-state index contributed by atoms with van der Waals surface area (Å²) in [7, 11) is 0. The van der Waals surface area contributed by atoms with Gasteiger partial charge in [0.25, 0.3) is 0 Å². The summed E-state index contributed by atoms with van der Waals surface area (Å²) in [4.78, 5) is 0. The highest BCUT2D eigenvalue weighted by atomic mass is 19.1. The second kappa shape index (κ2) is 6.89. The van der Waals surface area contributed by atoms with Gasteiger partial charge in [-0.1, -0.05) is 38.3 Å². The average molecular weight is 249 g/mol. The molecule has 2 heteroatoms. The van der Waals surface area contributed by atoms with Crippen LogP contribution in [0.4, 0.5) is 4.39 Å². The predicted octanol–water partition coefficient (Wildman–Crippen LogP) is 4.24. The molecule has 1 aromatic carbocycles. The van der Waals surface area contributed by atoms with E-state index in [2.05, 4.69) is 18.3 Å². The van der Waals surface area contributed by atoms with Crippen LogP contribution in [0.3, 0.4) is 0 Å². The Bertz CT molecular complexity index is 364. The SMILES string of the molecule is CCCNC1CCCCCC1c1cccc(F)c1. The molecular formula is C16H24FN. The van der Waals surface area contributed by atoms with Crippen LogP contribution in [-0.2, 0) is 0 Å². The topological polar surface area (TPSA) is 12.0 Å². The van der Waals surface area contributed by atoms with Crippen LogP contribution in [0.2, 0.25) is 0 Å². The maximum atomic E-state index is 13.4. The third-order valence-corrected chi connectivity index (χ3v) is 3.95. The van der Waals surface area contributed by atoms with Crippen molar-refractivity contribution in [3.8, 4) is 0 Å². The Morgan fingerprint density at radius 1 is 1.22 bits per heavy atom. The fraction of sp³-hybridized carbons (Fsp3) is 0.625. The second-order valence-electron chi connectivity index (χ2n) is 5.36. The molecule has 1 aliphatic carbocycles. The maximum Gasteiger partial charge on any atom is 0.123 e. The van der Waals surface area contributed by atoms with Crippen molar-refractivity contribution in [2.75, 3.05) is 6.54 Å². The summed E-state index contributed by atoms with van der Waals surface area (Å²) in [5, 5.41) is 3.66. The maximum absolute atomic E-state index is 13.4. The molecule has 1 nitrogen and oxygen atoms in total. The van der Waals surface area contributed by atoms with E-state index < -0.39 is 0 Å². The molecule has 0 aromatic heterocycles. The molecule has 1 aliphatic rings. The van der Waals surface area contributed by atoms with Crippen LogP contribution in [-0.4, -0.2) is 12.6 Å². The fourth-order valence-corrected chi connectivity index (χ4v) is 3.02. The van der Waals surface area contributed by atoms with Gasteiger partial charge in [0.15, 0.2) is 0 Å². The number of halogens is 1. The Labute approximate surface area is 110 Å². The zero-order valence-corrected chi connectivity index (χ0v) is 11.3. The highest BCUT2D eigenvalue weighted by Crippen LogP contribution is 2.32. The molecular weight excluding hydrogens is 225 g/mol. The first-order valence-corrected chi connectivity index (χ1v) is 7.30. The largest absolute Gasteiger partial charge is 0.313 e. The van der Waals surface area contributed by atoms with Crippen LogP contribution >= 0.6 is 0 Å². The summed E-state index contributed by atoms with van der Waals surface area (Å²) >= 11 is 0. The van der Waals surface area contributed by atoms with E-state index in [0.29, 0.717) is 12.0 Å². The molecule has 1 N–H and O–H groups in total. The van der Waals surface area contributed by atoms with E-state index in [9.17, 15) is 4.39 Å². The molecule has 0 heterocycles. The molecule has 0 spiro atoms. The van der Waals surface area contributed by atoms with Crippen LogP contribution in [0.25, 0.3) is 0 Å². The van der Waals surface area contributed by atoms with Gasteiger partial charge < -0.3 is 5.32 Å². The van der Waals surface area contributed by atoms with Gasteiger partial charge in [-0.3, -0.25) is 0 Å². The molecule has 1 saturated carbocycles. The lowest BCUT2D eigenvalue weighted by molar-refractivity contribution is 0.410. The third kappa shape index (κ3) is 3.55. The molecule has 0 saturated heterocycles. The van der Waals surface area contributed by atoms with E-state index in [4.69, 9.17) is 0 Å². The second-order valence-corrected chi connectivity index (χ2v) is 5.36. The van der Waals surface area contributed by atoms with Gasteiger partial charge in [-0.25, -0.2) is 4.39 Å². The number of benzene rings is 1. The minimum absolute atomic E-state index is 0.106. The number of nitrogens with one attached hydrogen (secondary N) is 1. The summed E-state index contributed by atoms with van der Waals surface area (Å²) in [5.74, 6) is 0.376. The van der Waals surface area contributed by atoms with Crippen LogP contribution in [0.1, 0.15) is 56.9 Å². The first kappa shape index (κ1) is 13.5. The van der Waals surface area contributed by atoms with Crippen LogP contribution in [0.15, 0.2) is 24.3 Å². The Morgan fingerprint density at radius 3 is 2.83 bits per heavy atom. The molecule has 2 rings (SSSR count). The molecule has 2 atom stereocenters. The van der Waals surface area contributed by atoms with E-state index in [1.165, 1.54) is 43.7 Å². The quantitative estimate of drug-likeness (QED) is 0.787. The van der Waals surface area contributed by atoms with Crippen molar-refractivity contribution < 1.29 is 4.39 Å². The lowest BCUT2D eigenvalue weighted by Gasteiger charge is -2.26. The zero-order valence-electron chi connectivity index (χ0n) is 11.3. The first-order valence-electron chi connectivity index (χ1n) is 7.30. The van der Waals surface area contributed by atoms with Crippen molar-refractivity contribution in [3.63, 3.8) is 0 Å². The molecule has 2 unspecified atom stereocenters. The molecule has 100 valence electrons. The molecule has 0 bridgehead atoms. The predicted molar refractivity (Wildman–Crippen MR) is 74.3 cm³/mol. The molecule has 1 aromatic rings. The standard InChI is InChI=1S/C16H24FN/c1-2-11-18-16-10-5-3-4-9-15(16)13-7-6-8-14(17)12-13/h6-8,12,15-16,18H,2-5,9-11H2,1H3. The minimum Gasteiger partial charge on any atom is -0.313 e. The third-order valence-electron chi connectivity index (χ3n) is 3.95. The first-order chi connectivity index (χ1) is 8.81. The number of hydrogen-bond donors (Lipinski definition) is 1. The smallest absolute Gasteiger partial charge is 0.123 e. The van der Waals surface area contributed by atoms with Gasteiger partial charge >= 0.3 is 0 Å². The Balaban J connectivity index is 2.14.